The van der Waals surface area contributed by atoms with Crippen LogP contribution < -0.4 is 11.1 Å². The topological polar surface area (TPSA) is 93.6 Å². The van der Waals surface area contributed by atoms with Crippen LogP contribution in [-0.2, 0) is 16.0 Å². The fourth-order valence-electron chi connectivity index (χ4n) is 3.93. The molecule has 0 spiro atoms. The number of ether oxygens (including phenoxy) is 2. The van der Waals surface area contributed by atoms with Crippen molar-refractivity contribution in [1.82, 2.24) is 14.5 Å². The molecule has 0 atom stereocenters. The first-order valence-electron chi connectivity index (χ1n) is 9.38. The Balaban J connectivity index is 1.54. The summed E-state index contributed by atoms with van der Waals surface area (Å²) in [4.78, 5) is 41.1. The number of H-pyrrole nitrogens is 1. The monoisotopic (exact) mass is 373 g/mol. The second-order valence-corrected chi connectivity index (χ2v) is 6.98. The molecule has 0 radical (unpaired) electrons. The lowest BCUT2D eigenvalue weighted by molar-refractivity contribution is -0.0956. The normalized spacial score (nSPS) is 19.1. The zero-order valence-corrected chi connectivity index (χ0v) is 15.3. The highest BCUT2D eigenvalue weighted by atomic mass is 16.7. The van der Waals surface area contributed by atoms with Gasteiger partial charge in [0, 0.05) is 31.1 Å². The Kier molecular flexibility index (Phi) is 4.84. The predicted molar refractivity (Wildman–Crippen MR) is 98.8 cm³/mol. The number of aromatic amines is 1. The van der Waals surface area contributed by atoms with Gasteiger partial charge in [0.2, 0.25) is 0 Å². The minimum Gasteiger partial charge on any atom is -0.350 e. The van der Waals surface area contributed by atoms with Crippen LogP contribution in [0.15, 0.2) is 27.8 Å². The Morgan fingerprint density at radius 3 is 2.56 bits per heavy atom. The molecule has 1 aromatic heterocycles. The molecule has 2 aliphatic rings. The number of hydrogen-bond acceptors (Lipinski definition) is 5. The molecular formula is C19H23N3O5. The molecule has 8 heteroatoms. The molecule has 3 heterocycles. The molecule has 2 fully saturated rings. The molecule has 0 bridgehead atoms. The minimum atomic E-state index is -0.675. The van der Waals surface area contributed by atoms with Crippen molar-refractivity contribution in [1.29, 1.82) is 0 Å². The van der Waals surface area contributed by atoms with E-state index in [1.807, 2.05) is 4.90 Å². The number of nitrogens with zero attached hydrogens (tertiary/aromatic N) is 2. The SMILES string of the molecule is CCn1c(=O)c(=O)[nH]c2cc(C(=O)N3CCC(C4OCCO4)CC3)ccc21. The van der Waals surface area contributed by atoms with Crippen LogP contribution in [0.4, 0.5) is 0 Å². The zero-order valence-electron chi connectivity index (χ0n) is 15.3. The van der Waals surface area contributed by atoms with Crippen molar-refractivity contribution in [3.63, 3.8) is 0 Å². The summed E-state index contributed by atoms with van der Waals surface area (Å²) in [6, 6.07) is 5.08. The van der Waals surface area contributed by atoms with Gasteiger partial charge in [-0.1, -0.05) is 0 Å². The molecule has 0 saturated carbocycles. The zero-order chi connectivity index (χ0) is 19.0. The average molecular weight is 373 g/mol. The third-order valence-corrected chi connectivity index (χ3v) is 5.40. The van der Waals surface area contributed by atoms with E-state index in [2.05, 4.69) is 4.98 Å². The summed E-state index contributed by atoms with van der Waals surface area (Å²) >= 11 is 0. The highest BCUT2D eigenvalue weighted by molar-refractivity contribution is 5.97. The van der Waals surface area contributed by atoms with Crippen LogP contribution in [-0.4, -0.2) is 53.0 Å². The highest BCUT2D eigenvalue weighted by Gasteiger charge is 2.32. The van der Waals surface area contributed by atoms with Crippen LogP contribution in [0.25, 0.3) is 11.0 Å². The van der Waals surface area contributed by atoms with Gasteiger partial charge in [-0.25, -0.2) is 0 Å². The smallest absolute Gasteiger partial charge is 0.316 e. The molecule has 4 rings (SSSR count). The van der Waals surface area contributed by atoms with Gasteiger partial charge in [-0.2, -0.15) is 0 Å². The number of fused-ring (bicyclic) bond motifs is 1. The molecule has 144 valence electrons. The minimum absolute atomic E-state index is 0.0706. The van der Waals surface area contributed by atoms with Crippen molar-refractivity contribution < 1.29 is 14.3 Å². The number of hydrogen-bond donors (Lipinski definition) is 1. The number of amides is 1. The molecule has 8 nitrogen and oxygen atoms in total. The predicted octanol–water partition coefficient (Wildman–Crippen LogP) is 0.935. The molecular weight excluding hydrogens is 350 g/mol. The number of aryl methyl sites for hydroxylation is 1. The molecule has 2 aliphatic heterocycles. The number of rotatable bonds is 3. The van der Waals surface area contributed by atoms with Gasteiger partial charge < -0.3 is 23.9 Å². The number of benzene rings is 1. The first-order chi connectivity index (χ1) is 13.1. The van der Waals surface area contributed by atoms with E-state index < -0.39 is 11.1 Å². The lowest BCUT2D eigenvalue weighted by Gasteiger charge is -2.34. The molecule has 2 saturated heterocycles. The van der Waals surface area contributed by atoms with Gasteiger partial charge in [-0.3, -0.25) is 14.4 Å². The van der Waals surface area contributed by atoms with Gasteiger partial charge in [-0.05, 0) is 38.0 Å². The van der Waals surface area contributed by atoms with Crippen molar-refractivity contribution in [3.05, 3.63) is 44.5 Å². The first kappa shape index (κ1) is 17.9. The lowest BCUT2D eigenvalue weighted by Crippen LogP contribution is -2.41. The third kappa shape index (κ3) is 3.30. The second kappa shape index (κ2) is 7.28. The molecule has 0 unspecified atom stereocenters. The lowest BCUT2D eigenvalue weighted by atomic mass is 9.95. The Morgan fingerprint density at radius 1 is 1.19 bits per heavy atom. The van der Waals surface area contributed by atoms with Crippen LogP contribution in [0.2, 0.25) is 0 Å². The summed E-state index contributed by atoms with van der Waals surface area (Å²) in [5.74, 6) is 0.252. The van der Waals surface area contributed by atoms with Crippen LogP contribution >= 0.6 is 0 Å². The van der Waals surface area contributed by atoms with Crippen LogP contribution in [0.5, 0.6) is 0 Å². The van der Waals surface area contributed by atoms with Crippen molar-refractivity contribution in [3.8, 4) is 0 Å². The van der Waals surface area contributed by atoms with Gasteiger partial charge in [0.1, 0.15) is 0 Å². The summed E-state index contributed by atoms with van der Waals surface area (Å²) in [6.45, 7) is 4.78. The molecule has 0 aliphatic carbocycles. The van der Waals surface area contributed by atoms with E-state index in [9.17, 15) is 14.4 Å². The van der Waals surface area contributed by atoms with Crippen molar-refractivity contribution >= 4 is 16.9 Å². The van der Waals surface area contributed by atoms with E-state index in [1.165, 1.54) is 4.57 Å². The molecule has 27 heavy (non-hydrogen) atoms. The number of likely N-dealkylation sites (tertiary alicyclic amines) is 1. The highest BCUT2D eigenvalue weighted by Crippen LogP contribution is 2.26. The van der Waals surface area contributed by atoms with Gasteiger partial charge >= 0.3 is 11.1 Å². The summed E-state index contributed by atoms with van der Waals surface area (Å²) in [5.41, 5.74) is 0.364. The third-order valence-electron chi connectivity index (χ3n) is 5.40. The van der Waals surface area contributed by atoms with Crippen molar-refractivity contribution in [2.24, 2.45) is 5.92 Å². The number of nitrogens with one attached hydrogen (secondary N) is 1. The molecule has 1 aromatic carbocycles. The Morgan fingerprint density at radius 2 is 1.89 bits per heavy atom. The van der Waals surface area contributed by atoms with Crippen LogP contribution in [0, 0.1) is 5.92 Å². The summed E-state index contributed by atoms with van der Waals surface area (Å²) in [6.07, 6.45) is 1.55. The number of carbonyl (C=O) groups excluding carboxylic acids is 1. The number of carbonyl (C=O) groups is 1. The van der Waals surface area contributed by atoms with Gasteiger partial charge in [-0.15, -0.1) is 0 Å². The maximum Gasteiger partial charge on any atom is 0.316 e. The summed E-state index contributed by atoms with van der Waals surface area (Å²) in [5, 5.41) is 0. The van der Waals surface area contributed by atoms with Gasteiger partial charge in [0.15, 0.2) is 6.29 Å². The average Bonchev–Trinajstić information content (AvgIpc) is 3.23. The van der Waals surface area contributed by atoms with Crippen LogP contribution in [0.1, 0.15) is 30.1 Å². The fourth-order valence-corrected chi connectivity index (χ4v) is 3.93. The largest absolute Gasteiger partial charge is 0.350 e. The quantitative estimate of drug-likeness (QED) is 0.808. The van der Waals surface area contributed by atoms with E-state index in [-0.39, 0.29) is 12.2 Å². The summed E-state index contributed by atoms with van der Waals surface area (Å²) < 4.78 is 12.6. The van der Waals surface area contributed by atoms with E-state index in [0.29, 0.717) is 55.4 Å². The van der Waals surface area contributed by atoms with Crippen LogP contribution in [0.3, 0.4) is 0 Å². The first-order valence-corrected chi connectivity index (χ1v) is 9.38. The Bertz CT molecular complexity index is 965. The molecule has 2 aromatic rings. The Hall–Kier alpha value is -2.45. The molecule has 1 amide bonds. The van der Waals surface area contributed by atoms with E-state index >= 15 is 0 Å². The van der Waals surface area contributed by atoms with Crippen molar-refractivity contribution in [2.75, 3.05) is 26.3 Å². The maximum atomic E-state index is 12.9. The van der Waals surface area contributed by atoms with E-state index in [0.717, 1.165) is 12.8 Å². The van der Waals surface area contributed by atoms with Gasteiger partial charge in [0.05, 0.1) is 24.2 Å². The summed E-state index contributed by atoms with van der Waals surface area (Å²) in [7, 11) is 0. The number of piperidine rings is 1. The second-order valence-electron chi connectivity index (χ2n) is 6.98. The number of aromatic nitrogens is 2. The van der Waals surface area contributed by atoms with E-state index in [4.69, 9.17) is 9.47 Å². The van der Waals surface area contributed by atoms with E-state index in [1.54, 1.807) is 25.1 Å². The Labute approximate surface area is 155 Å². The fraction of sp³-hybridized carbons (Fsp3) is 0.526. The van der Waals surface area contributed by atoms with Crippen molar-refractivity contribution in [2.45, 2.75) is 32.6 Å². The standard InChI is InChI=1S/C19H23N3O5/c1-2-22-15-4-3-13(11-14(15)20-16(23)18(22)25)17(24)21-7-5-12(6-8-21)19-26-9-10-27-19/h3-4,11-12,19H,2,5-10H2,1H3,(H,20,23). The molecule has 1 N–H and O–H groups in total. The maximum absolute atomic E-state index is 12.9. The van der Waals surface area contributed by atoms with Gasteiger partial charge in [0.25, 0.3) is 5.91 Å².